The normalized spacial score (nSPS) is 20.0. The molecule has 1 fully saturated rings. The maximum absolute atomic E-state index is 13.7. The lowest BCUT2D eigenvalue weighted by Crippen LogP contribution is -2.45. The summed E-state index contributed by atoms with van der Waals surface area (Å²) in [5.74, 6) is 0.256. The molecule has 2 aliphatic rings. The number of unbranched alkanes of at least 4 members (excludes halogenated alkanes) is 1. The molecule has 0 saturated carbocycles. The number of fused-ring (bicyclic) bond motifs is 1. The van der Waals surface area contributed by atoms with Crippen molar-refractivity contribution in [2.45, 2.75) is 51.0 Å². The average Bonchev–Trinajstić information content (AvgIpc) is 3.58. The number of methoxy groups -OCH3 is 1. The van der Waals surface area contributed by atoms with Gasteiger partial charge in [-0.25, -0.2) is 9.97 Å². The minimum Gasteiger partial charge on any atom is -0.493 e. The van der Waals surface area contributed by atoms with E-state index in [1.807, 2.05) is 31.1 Å². The summed E-state index contributed by atoms with van der Waals surface area (Å²) in [5, 5.41) is 10.5. The Morgan fingerprint density at radius 2 is 1.88 bits per heavy atom. The van der Waals surface area contributed by atoms with Crippen LogP contribution in [0.3, 0.4) is 0 Å². The van der Waals surface area contributed by atoms with Gasteiger partial charge >= 0.3 is 5.97 Å². The molecule has 1 N–H and O–H groups in total. The van der Waals surface area contributed by atoms with E-state index in [9.17, 15) is 14.7 Å². The van der Waals surface area contributed by atoms with Crippen LogP contribution in [-0.4, -0.2) is 108 Å². The van der Waals surface area contributed by atoms with Crippen molar-refractivity contribution in [1.29, 1.82) is 0 Å². The summed E-state index contributed by atoms with van der Waals surface area (Å²) in [4.78, 5) is 41.4. The van der Waals surface area contributed by atoms with Crippen LogP contribution in [0, 0.1) is 5.92 Å². The van der Waals surface area contributed by atoms with Gasteiger partial charge in [-0.2, -0.15) is 0 Å². The van der Waals surface area contributed by atoms with Crippen molar-refractivity contribution < 1.29 is 28.9 Å². The molecule has 41 heavy (non-hydrogen) atoms. The molecule has 1 unspecified atom stereocenters. The summed E-state index contributed by atoms with van der Waals surface area (Å²) in [5.41, 5.74) is 0.795. The maximum atomic E-state index is 13.7. The standard InChI is InChI=1S/C30H43N5O6/c1-5-6-14-34(15-8-13-33(2)3)27(36)19-35-18-22(21-16-24(39-4)29-25(17-21)40-20-41-29)28(30(37)38)23(35)9-10-26-31-11-7-12-32-26/h7,11-12,16-17,22-23,28H,5-6,8-10,13-15,18-20H2,1-4H3,(H,37,38)/t22-,23+,28?/m1/s1. The zero-order chi connectivity index (χ0) is 29.4. The number of carboxylic acid groups (broad SMARTS) is 1. The van der Waals surface area contributed by atoms with Crippen molar-refractivity contribution in [2.75, 3.05) is 60.7 Å². The fourth-order valence-corrected chi connectivity index (χ4v) is 5.85. The van der Waals surface area contributed by atoms with Gasteiger partial charge in [0.2, 0.25) is 18.4 Å². The number of aliphatic carboxylic acids is 1. The Morgan fingerprint density at radius 3 is 2.56 bits per heavy atom. The second-order valence-electron chi connectivity index (χ2n) is 11.0. The largest absolute Gasteiger partial charge is 0.493 e. The van der Waals surface area contributed by atoms with E-state index in [2.05, 4.69) is 26.7 Å². The monoisotopic (exact) mass is 569 g/mol. The van der Waals surface area contributed by atoms with Gasteiger partial charge in [0.05, 0.1) is 19.6 Å². The van der Waals surface area contributed by atoms with Crippen molar-refractivity contribution in [1.82, 2.24) is 24.7 Å². The molecule has 224 valence electrons. The second-order valence-corrected chi connectivity index (χ2v) is 11.0. The van der Waals surface area contributed by atoms with Gasteiger partial charge in [0.15, 0.2) is 11.5 Å². The summed E-state index contributed by atoms with van der Waals surface area (Å²) in [7, 11) is 5.61. The molecule has 1 saturated heterocycles. The van der Waals surface area contributed by atoms with Crippen LogP contribution in [0.4, 0.5) is 0 Å². The van der Waals surface area contributed by atoms with Crippen LogP contribution in [0.15, 0.2) is 30.6 Å². The zero-order valence-corrected chi connectivity index (χ0v) is 24.6. The number of carbonyl (C=O) groups is 2. The number of hydrogen-bond donors (Lipinski definition) is 1. The molecule has 2 aliphatic heterocycles. The first-order chi connectivity index (χ1) is 19.8. The topological polar surface area (TPSA) is 118 Å². The van der Waals surface area contributed by atoms with Crippen LogP contribution in [-0.2, 0) is 16.0 Å². The molecule has 0 spiro atoms. The number of carbonyl (C=O) groups excluding carboxylic acids is 1. The summed E-state index contributed by atoms with van der Waals surface area (Å²) < 4.78 is 16.8. The lowest BCUT2D eigenvalue weighted by molar-refractivity contribution is -0.143. The molecular formula is C30H43N5O6. The molecule has 2 aromatic rings. The summed E-state index contributed by atoms with van der Waals surface area (Å²) in [6.07, 6.45) is 7.22. The third-order valence-corrected chi connectivity index (χ3v) is 7.93. The predicted octanol–water partition coefficient (Wildman–Crippen LogP) is 2.90. The molecule has 3 atom stereocenters. The van der Waals surface area contributed by atoms with E-state index in [0.29, 0.717) is 55.5 Å². The number of rotatable bonds is 15. The Balaban J connectivity index is 1.61. The van der Waals surface area contributed by atoms with Gasteiger partial charge in [-0.15, -0.1) is 0 Å². The molecule has 4 rings (SSSR count). The van der Waals surface area contributed by atoms with Gasteiger partial charge in [0, 0.05) is 50.4 Å². The Hall–Kier alpha value is -3.44. The predicted molar refractivity (Wildman–Crippen MR) is 153 cm³/mol. The van der Waals surface area contributed by atoms with Crippen molar-refractivity contribution in [3.05, 3.63) is 42.0 Å². The van der Waals surface area contributed by atoms with Gasteiger partial charge in [-0.1, -0.05) is 13.3 Å². The lowest BCUT2D eigenvalue weighted by Gasteiger charge is -2.30. The van der Waals surface area contributed by atoms with Crippen molar-refractivity contribution in [3.63, 3.8) is 0 Å². The van der Waals surface area contributed by atoms with Crippen LogP contribution < -0.4 is 14.2 Å². The van der Waals surface area contributed by atoms with Gasteiger partial charge in [-0.3, -0.25) is 14.5 Å². The van der Waals surface area contributed by atoms with Gasteiger partial charge in [0.1, 0.15) is 5.82 Å². The van der Waals surface area contributed by atoms with Gasteiger partial charge in [-0.05, 0) is 63.7 Å². The summed E-state index contributed by atoms with van der Waals surface area (Å²) >= 11 is 0. The minimum atomic E-state index is -0.894. The number of ether oxygens (including phenoxy) is 3. The fourth-order valence-electron chi connectivity index (χ4n) is 5.85. The average molecular weight is 570 g/mol. The number of aryl methyl sites for hydroxylation is 1. The summed E-state index contributed by atoms with van der Waals surface area (Å²) in [6.45, 7) is 5.06. The molecule has 3 heterocycles. The lowest BCUT2D eigenvalue weighted by atomic mass is 9.83. The summed E-state index contributed by atoms with van der Waals surface area (Å²) in [6, 6.07) is 5.07. The van der Waals surface area contributed by atoms with E-state index in [-0.39, 0.29) is 31.2 Å². The van der Waals surface area contributed by atoms with Crippen molar-refractivity contribution in [2.24, 2.45) is 5.92 Å². The Morgan fingerprint density at radius 1 is 1.12 bits per heavy atom. The number of nitrogens with zero attached hydrogens (tertiary/aromatic N) is 5. The van der Waals surface area contributed by atoms with Gasteiger partial charge in [0.25, 0.3) is 0 Å². The highest BCUT2D eigenvalue weighted by Crippen LogP contribution is 2.47. The third-order valence-electron chi connectivity index (χ3n) is 7.93. The maximum Gasteiger partial charge on any atom is 0.308 e. The first-order valence-electron chi connectivity index (χ1n) is 14.4. The quantitative estimate of drug-likeness (QED) is 0.343. The Kier molecular flexibility index (Phi) is 10.8. The third kappa shape index (κ3) is 7.65. The van der Waals surface area contributed by atoms with Crippen LogP contribution >= 0.6 is 0 Å². The number of aromatic nitrogens is 2. The highest BCUT2D eigenvalue weighted by atomic mass is 16.7. The molecule has 0 radical (unpaired) electrons. The highest BCUT2D eigenvalue weighted by molar-refractivity contribution is 5.79. The molecular weight excluding hydrogens is 526 g/mol. The van der Waals surface area contributed by atoms with E-state index in [4.69, 9.17) is 14.2 Å². The molecule has 0 aliphatic carbocycles. The van der Waals surface area contributed by atoms with E-state index in [1.165, 1.54) is 0 Å². The second kappa shape index (κ2) is 14.5. The van der Waals surface area contributed by atoms with E-state index in [1.54, 1.807) is 25.6 Å². The number of hydrogen-bond acceptors (Lipinski definition) is 9. The number of benzene rings is 1. The Bertz CT molecular complexity index is 1160. The minimum absolute atomic E-state index is 0.0335. The first-order valence-corrected chi connectivity index (χ1v) is 14.4. The van der Waals surface area contributed by atoms with Crippen LogP contribution in [0.5, 0.6) is 17.2 Å². The van der Waals surface area contributed by atoms with Crippen molar-refractivity contribution >= 4 is 11.9 Å². The zero-order valence-electron chi connectivity index (χ0n) is 24.6. The number of likely N-dealkylation sites (tertiary alicyclic amines) is 1. The first kappa shape index (κ1) is 30.5. The van der Waals surface area contributed by atoms with E-state index >= 15 is 0 Å². The smallest absolute Gasteiger partial charge is 0.308 e. The van der Waals surface area contributed by atoms with Gasteiger partial charge < -0.3 is 29.1 Å². The molecule has 1 aromatic heterocycles. The van der Waals surface area contributed by atoms with Crippen LogP contribution in [0.2, 0.25) is 0 Å². The fraction of sp³-hybridized carbons (Fsp3) is 0.600. The number of carboxylic acids is 1. The molecule has 0 bridgehead atoms. The SMILES string of the molecule is CCCCN(CCCN(C)C)C(=O)CN1C[C@H](c2cc(OC)c3c(c2)OCO3)C(C(=O)O)[C@@H]1CCc1ncccn1. The van der Waals surface area contributed by atoms with Crippen LogP contribution in [0.25, 0.3) is 0 Å². The molecule has 11 heteroatoms. The number of amides is 1. The Labute approximate surface area is 242 Å². The van der Waals surface area contributed by atoms with Crippen LogP contribution in [0.1, 0.15) is 49.9 Å². The van der Waals surface area contributed by atoms with E-state index < -0.39 is 11.9 Å². The van der Waals surface area contributed by atoms with Crippen molar-refractivity contribution in [3.8, 4) is 17.2 Å². The molecule has 1 amide bonds. The molecule has 1 aromatic carbocycles. The highest BCUT2D eigenvalue weighted by Gasteiger charge is 2.47. The molecule has 11 nitrogen and oxygen atoms in total. The van der Waals surface area contributed by atoms with E-state index in [0.717, 1.165) is 31.4 Å².